The predicted molar refractivity (Wildman–Crippen MR) is 67.5 cm³/mol. The summed E-state index contributed by atoms with van der Waals surface area (Å²) in [6.45, 7) is 3.19. The quantitative estimate of drug-likeness (QED) is 0.830. The number of ether oxygens (including phenoxy) is 1. The van der Waals surface area contributed by atoms with Crippen LogP contribution in [0.15, 0.2) is 18.2 Å². The molecule has 0 radical (unpaired) electrons. The maximum Gasteiger partial charge on any atom is 0.0945 e. The minimum Gasteiger partial charge on any atom is -0.389 e. The van der Waals surface area contributed by atoms with Crippen molar-refractivity contribution in [2.24, 2.45) is 0 Å². The number of aliphatic hydroxyl groups is 1. The van der Waals surface area contributed by atoms with Crippen LogP contribution in [0, 0.1) is 0 Å². The van der Waals surface area contributed by atoms with Gasteiger partial charge in [-0.05, 0) is 25.1 Å². The number of aliphatic hydroxyl groups excluding tert-OH is 1. The lowest BCUT2D eigenvalue weighted by Gasteiger charge is -2.13. The van der Waals surface area contributed by atoms with Crippen molar-refractivity contribution >= 4 is 28.9 Å². The van der Waals surface area contributed by atoms with E-state index in [0.717, 1.165) is 5.69 Å². The van der Waals surface area contributed by atoms with Crippen LogP contribution in [-0.2, 0) is 4.74 Å². The van der Waals surface area contributed by atoms with Gasteiger partial charge in [-0.2, -0.15) is 0 Å². The Morgan fingerprint density at radius 2 is 2.19 bits per heavy atom. The van der Waals surface area contributed by atoms with Gasteiger partial charge in [-0.3, -0.25) is 0 Å². The molecule has 0 saturated heterocycles. The molecule has 0 aliphatic rings. The topological polar surface area (TPSA) is 41.5 Å². The fourth-order valence-electron chi connectivity index (χ4n) is 1.17. The molecule has 0 heterocycles. The Balaban J connectivity index is 2.42. The fraction of sp³-hybridized carbons (Fsp3) is 0.455. The lowest BCUT2D eigenvalue weighted by Crippen LogP contribution is -2.24. The van der Waals surface area contributed by atoms with E-state index >= 15 is 0 Å². The average Bonchev–Trinajstić information content (AvgIpc) is 2.25. The average molecular weight is 264 g/mol. The van der Waals surface area contributed by atoms with Crippen LogP contribution in [0.3, 0.4) is 0 Å². The van der Waals surface area contributed by atoms with Crippen LogP contribution in [0.1, 0.15) is 6.92 Å². The van der Waals surface area contributed by atoms with Gasteiger partial charge in [0.05, 0.1) is 23.4 Å². The molecule has 1 atom stereocenters. The number of benzene rings is 1. The summed E-state index contributed by atoms with van der Waals surface area (Å²) in [7, 11) is 0. The van der Waals surface area contributed by atoms with Crippen molar-refractivity contribution < 1.29 is 9.84 Å². The van der Waals surface area contributed by atoms with Crippen LogP contribution in [-0.4, -0.2) is 31.0 Å². The Morgan fingerprint density at radius 3 is 2.81 bits per heavy atom. The van der Waals surface area contributed by atoms with Gasteiger partial charge in [0, 0.05) is 18.2 Å². The van der Waals surface area contributed by atoms with Crippen molar-refractivity contribution in [1.82, 2.24) is 0 Å². The zero-order chi connectivity index (χ0) is 12.0. The minimum atomic E-state index is -0.549. The highest BCUT2D eigenvalue weighted by Gasteiger charge is 2.05. The third-order valence-corrected chi connectivity index (χ3v) is 2.52. The zero-order valence-corrected chi connectivity index (χ0v) is 10.6. The Labute approximate surface area is 105 Å². The van der Waals surface area contributed by atoms with Crippen LogP contribution in [0.5, 0.6) is 0 Å². The molecule has 2 N–H and O–H groups in total. The smallest absolute Gasteiger partial charge is 0.0945 e. The summed E-state index contributed by atoms with van der Waals surface area (Å²) >= 11 is 11.7. The first-order valence-electron chi connectivity index (χ1n) is 5.08. The number of anilines is 1. The Bertz CT molecular complexity index is 334. The van der Waals surface area contributed by atoms with Crippen molar-refractivity contribution in [3.05, 3.63) is 28.2 Å². The summed E-state index contributed by atoms with van der Waals surface area (Å²) in [5.74, 6) is 0. The largest absolute Gasteiger partial charge is 0.389 e. The third-order valence-electron chi connectivity index (χ3n) is 1.97. The standard InChI is InChI=1S/C11H15Cl2NO2/c1-2-16-7-9(15)6-14-11-4-3-8(12)5-10(11)13/h3-5,9,14-15H,2,6-7H2,1H3. The first-order chi connectivity index (χ1) is 7.63. The van der Waals surface area contributed by atoms with E-state index in [2.05, 4.69) is 5.32 Å². The van der Waals surface area contributed by atoms with Gasteiger partial charge in [0.2, 0.25) is 0 Å². The highest BCUT2D eigenvalue weighted by molar-refractivity contribution is 6.36. The molecule has 1 aromatic carbocycles. The first-order valence-corrected chi connectivity index (χ1v) is 5.83. The zero-order valence-electron chi connectivity index (χ0n) is 9.04. The number of rotatable bonds is 6. The molecule has 0 saturated carbocycles. The summed E-state index contributed by atoms with van der Waals surface area (Å²) in [4.78, 5) is 0. The van der Waals surface area contributed by atoms with Crippen molar-refractivity contribution in [3.8, 4) is 0 Å². The maximum absolute atomic E-state index is 9.53. The van der Waals surface area contributed by atoms with Crippen LogP contribution in [0.4, 0.5) is 5.69 Å². The molecular formula is C11H15Cl2NO2. The van der Waals surface area contributed by atoms with Gasteiger partial charge in [0.1, 0.15) is 0 Å². The summed E-state index contributed by atoms with van der Waals surface area (Å²) in [5, 5.41) is 13.7. The molecule has 1 unspecified atom stereocenters. The predicted octanol–water partition coefficient (Wildman–Crippen LogP) is 2.80. The van der Waals surface area contributed by atoms with Gasteiger partial charge in [-0.1, -0.05) is 23.2 Å². The van der Waals surface area contributed by atoms with Crippen molar-refractivity contribution in [3.63, 3.8) is 0 Å². The van der Waals surface area contributed by atoms with Crippen LogP contribution in [0.2, 0.25) is 10.0 Å². The summed E-state index contributed by atoms with van der Waals surface area (Å²) in [5.41, 5.74) is 0.751. The second-order valence-electron chi connectivity index (χ2n) is 3.32. The van der Waals surface area contributed by atoms with E-state index in [9.17, 15) is 5.11 Å². The molecule has 0 aliphatic heterocycles. The van der Waals surface area contributed by atoms with E-state index in [1.54, 1.807) is 18.2 Å². The molecule has 0 spiro atoms. The summed E-state index contributed by atoms with van der Waals surface area (Å²) < 4.78 is 5.09. The van der Waals surface area contributed by atoms with Crippen molar-refractivity contribution in [2.75, 3.05) is 25.1 Å². The molecule has 1 rings (SSSR count). The van der Waals surface area contributed by atoms with Gasteiger partial charge < -0.3 is 15.2 Å². The van der Waals surface area contributed by atoms with Crippen LogP contribution >= 0.6 is 23.2 Å². The lowest BCUT2D eigenvalue weighted by molar-refractivity contribution is 0.0496. The molecule has 0 amide bonds. The maximum atomic E-state index is 9.53. The molecule has 0 aliphatic carbocycles. The van der Waals surface area contributed by atoms with E-state index in [1.165, 1.54) is 0 Å². The van der Waals surface area contributed by atoms with Crippen molar-refractivity contribution in [1.29, 1.82) is 0 Å². The monoisotopic (exact) mass is 263 g/mol. The number of nitrogens with one attached hydrogen (secondary N) is 1. The number of hydrogen-bond donors (Lipinski definition) is 2. The second-order valence-corrected chi connectivity index (χ2v) is 4.16. The van der Waals surface area contributed by atoms with Gasteiger partial charge in [0.15, 0.2) is 0 Å². The molecule has 3 nitrogen and oxygen atoms in total. The fourth-order valence-corrected chi connectivity index (χ4v) is 1.65. The van der Waals surface area contributed by atoms with Gasteiger partial charge in [0.25, 0.3) is 0 Å². The molecule has 90 valence electrons. The molecule has 1 aromatic rings. The van der Waals surface area contributed by atoms with Crippen molar-refractivity contribution in [2.45, 2.75) is 13.0 Å². The summed E-state index contributed by atoms with van der Waals surface area (Å²) in [6, 6.07) is 5.17. The van der Waals surface area contributed by atoms with E-state index in [0.29, 0.717) is 29.8 Å². The number of halogens is 2. The minimum absolute atomic E-state index is 0.314. The third kappa shape index (κ3) is 4.58. The van der Waals surface area contributed by atoms with E-state index in [-0.39, 0.29) is 0 Å². The van der Waals surface area contributed by atoms with Crippen LogP contribution < -0.4 is 5.32 Å². The highest BCUT2D eigenvalue weighted by atomic mass is 35.5. The van der Waals surface area contributed by atoms with E-state index < -0.39 is 6.10 Å². The Hall–Kier alpha value is -0.480. The molecule has 5 heteroatoms. The van der Waals surface area contributed by atoms with Crippen LogP contribution in [0.25, 0.3) is 0 Å². The molecule has 0 fully saturated rings. The summed E-state index contributed by atoms with van der Waals surface area (Å²) in [6.07, 6.45) is -0.549. The van der Waals surface area contributed by atoms with Gasteiger partial charge in [-0.25, -0.2) is 0 Å². The highest BCUT2D eigenvalue weighted by Crippen LogP contribution is 2.25. The van der Waals surface area contributed by atoms with Gasteiger partial charge >= 0.3 is 0 Å². The molecule has 16 heavy (non-hydrogen) atoms. The molecular weight excluding hydrogens is 249 g/mol. The second kappa shape index (κ2) is 6.97. The first kappa shape index (κ1) is 13.6. The van der Waals surface area contributed by atoms with Gasteiger partial charge in [-0.15, -0.1) is 0 Å². The van der Waals surface area contributed by atoms with E-state index in [4.69, 9.17) is 27.9 Å². The SMILES string of the molecule is CCOCC(O)CNc1ccc(Cl)cc1Cl. The lowest BCUT2D eigenvalue weighted by atomic mass is 10.3. The Morgan fingerprint density at radius 1 is 1.44 bits per heavy atom. The Kier molecular flexibility index (Phi) is 5.91. The molecule has 0 bridgehead atoms. The van der Waals surface area contributed by atoms with E-state index in [1.807, 2.05) is 6.92 Å². The molecule has 0 aromatic heterocycles. The number of hydrogen-bond acceptors (Lipinski definition) is 3. The normalized spacial score (nSPS) is 12.5.